The van der Waals surface area contributed by atoms with E-state index >= 15 is 0 Å². The van der Waals surface area contributed by atoms with Crippen LogP contribution < -0.4 is 19.8 Å². The molecule has 5 rings (SSSR count). The molecule has 1 aromatic heterocycles. The molecule has 3 heterocycles. The molecule has 2 aliphatic heterocycles. The summed E-state index contributed by atoms with van der Waals surface area (Å²) in [4.78, 5) is 12.6. The van der Waals surface area contributed by atoms with Crippen LogP contribution in [0.3, 0.4) is 0 Å². The zero-order valence-corrected chi connectivity index (χ0v) is 16.3. The van der Waals surface area contributed by atoms with Crippen LogP contribution in [0, 0.1) is 6.92 Å². The van der Waals surface area contributed by atoms with Gasteiger partial charge in [0, 0.05) is 16.8 Å². The molecule has 2 aliphatic rings. The number of fused-ring (bicyclic) bond motifs is 5. The van der Waals surface area contributed by atoms with Gasteiger partial charge in [0.1, 0.15) is 35.7 Å². The minimum atomic E-state index is -1.57. The van der Waals surface area contributed by atoms with Gasteiger partial charge in [0.2, 0.25) is 13.1 Å². The lowest BCUT2D eigenvalue weighted by molar-refractivity contribution is -0.277. The first-order valence-electron chi connectivity index (χ1n) is 9.66. The predicted octanol–water partition coefficient (Wildman–Crippen LogP) is 0.162. The molecule has 1 fully saturated rings. The maximum Gasteiger partial charge on any atom is 0.344 e. The van der Waals surface area contributed by atoms with E-state index in [1.165, 1.54) is 6.07 Å². The van der Waals surface area contributed by atoms with Crippen molar-refractivity contribution < 1.29 is 43.8 Å². The summed E-state index contributed by atoms with van der Waals surface area (Å²) in [5.41, 5.74) is 0.348. The number of hydrogen-bond acceptors (Lipinski definition) is 10. The summed E-state index contributed by atoms with van der Waals surface area (Å²) in [7, 11) is 0. The van der Waals surface area contributed by atoms with Crippen molar-refractivity contribution in [2.24, 2.45) is 0 Å². The number of benzene rings is 2. The van der Waals surface area contributed by atoms with Gasteiger partial charge in [0.25, 0.3) is 0 Å². The maximum absolute atomic E-state index is 12.6. The van der Waals surface area contributed by atoms with Crippen molar-refractivity contribution in [2.75, 3.05) is 13.4 Å². The first kappa shape index (κ1) is 20.0. The average Bonchev–Trinajstić information content (AvgIpc) is 3.23. The molecule has 2 aromatic carbocycles. The first-order valence-corrected chi connectivity index (χ1v) is 9.66. The normalized spacial score (nSPS) is 27.7. The van der Waals surface area contributed by atoms with Crippen LogP contribution in [0.2, 0.25) is 0 Å². The van der Waals surface area contributed by atoms with Crippen molar-refractivity contribution in [3.8, 4) is 17.2 Å². The van der Waals surface area contributed by atoms with Crippen LogP contribution in [0.25, 0.3) is 21.7 Å². The fraction of sp³-hybridized carbons (Fsp3) is 0.381. The lowest BCUT2D eigenvalue weighted by atomic mass is 9.99. The molecular weight excluding hydrogens is 412 g/mol. The number of aryl methyl sites for hydroxylation is 1. The molecule has 0 bridgehead atoms. The van der Waals surface area contributed by atoms with Crippen molar-refractivity contribution in [3.63, 3.8) is 0 Å². The zero-order valence-electron chi connectivity index (χ0n) is 16.3. The van der Waals surface area contributed by atoms with Gasteiger partial charge < -0.3 is 43.8 Å². The number of rotatable bonds is 3. The molecule has 5 atom stereocenters. The third-order valence-electron chi connectivity index (χ3n) is 5.59. The van der Waals surface area contributed by atoms with E-state index in [0.717, 1.165) is 0 Å². The molecule has 3 aromatic rings. The summed E-state index contributed by atoms with van der Waals surface area (Å²) in [6.45, 7) is 1.26. The van der Waals surface area contributed by atoms with Gasteiger partial charge >= 0.3 is 5.63 Å². The molecule has 0 amide bonds. The van der Waals surface area contributed by atoms with Crippen LogP contribution in [-0.4, -0.2) is 64.5 Å². The molecule has 10 nitrogen and oxygen atoms in total. The second-order valence-electron chi connectivity index (χ2n) is 7.54. The lowest BCUT2D eigenvalue weighted by Crippen LogP contribution is -2.60. The fourth-order valence-corrected chi connectivity index (χ4v) is 4.04. The number of hydrogen-bond donors (Lipinski definition) is 4. The van der Waals surface area contributed by atoms with Crippen LogP contribution in [0.4, 0.5) is 0 Å². The summed E-state index contributed by atoms with van der Waals surface area (Å²) in [6.07, 6.45) is -7.09. The summed E-state index contributed by atoms with van der Waals surface area (Å²) >= 11 is 0. The molecular formula is C21H20O10. The average molecular weight is 432 g/mol. The molecule has 0 aliphatic carbocycles. The summed E-state index contributed by atoms with van der Waals surface area (Å²) < 4.78 is 27.5. The van der Waals surface area contributed by atoms with Gasteiger partial charge in [-0.1, -0.05) is 0 Å². The molecule has 0 saturated carbocycles. The van der Waals surface area contributed by atoms with E-state index in [1.54, 1.807) is 25.1 Å². The summed E-state index contributed by atoms with van der Waals surface area (Å²) in [6, 6.07) is 6.38. The van der Waals surface area contributed by atoms with E-state index < -0.39 is 42.9 Å². The van der Waals surface area contributed by atoms with Crippen molar-refractivity contribution in [1.29, 1.82) is 0 Å². The van der Waals surface area contributed by atoms with Crippen LogP contribution in [0.5, 0.6) is 17.2 Å². The lowest BCUT2D eigenvalue weighted by Gasteiger charge is -2.39. The third kappa shape index (κ3) is 3.11. The van der Waals surface area contributed by atoms with Gasteiger partial charge in [-0.25, -0.2) is 4.79 Å². The number of aliphatic hydroxyl groups excluding tert-OH is 4. The highest BCUT2D eigenvalue weighted by molar-refractivity contribution is 6.10. The van der Waals surface area contributed by atoms with Crippen LogP contribution >= 0.6 is 0 Å². The summed E-state index contributed by atoms with van der Waals surface area (Å²) in [5.74, 6) is 1.18. The molecule has 0 radical (unpaired) electrons. The smallest absolute Gasteiger partial charge is 0.344 e. The van der Waals surface area contributed by atoms with Gasteiger partial charge in [-0.3, -0.25) is 0 Å². The Kier molecular flexibility index (Phi) is 4.76. The Morgan fingerprint density at radius 2 is 1.87 bits per heavy atom. The maximum atomic E-state index is 12.6. The Bertz CT molecular complexity index is 1220. The number of aliphatic hydroxyl groups is 4. The van der Waals surface area contributed by atoms with Gasteiger partial charge in [-0.15, -0.1) is 0 Å². The molecule has 164 valence electrons. The van der Waals surface area contributed by atoms with Gasteiger partial charge in [-0.05, 0) is 30.7 Å². The van der Waals surface area contributed by atoms with Crippen LogP contribution in [-0.2, 0) is 4.74 Å². The van der Waals surface area contributed by atoms with Crippen molar-refractivity contribution in [1.82, 2.24) is 0 Å². The topological polar surface area (TPSA) is 148 Å². The monoisotopic (exact) mass is 432 g/mol. The zero-order chi connectivity index (χ0) is 21.9. The largest absolute Gasteiger partial charge is 0.462 e. The van der Waals surface area contributed by atoms with Gasteiger partial charge in [0.05, 0.1) is 12.0 Å². The Hall–Kier alpha value is -2.89. The van der Waals surface area contributed by atoms with Crippen LogP contribution in [0.15, 0.2) is 33.5 Å². The molecule has 10 heteroatoms. The second kappa shape index (κ2) is 7.36. The Labute approximate surface area is 174 Å². The van der Waals surface area contributed by atoms with Crippen molar-refractivity contribution >= 4 is 21.7 Å². The fourth-order valence-electron chi connectivity index (χ4n) is 4.04. The standard InChI is InChI=1S/C21H20O10/c1-8-4-9(29-21-18(25)17(24)16(23)13(6-22)31-21)5-12-14(8)15-10(20(26)30-12)2-3-11-19(15)28-7-27-11/h2-5,13,16-18,21-25H,6-7H2,1H3/t13-,16-,17+,18-,21-/m1/s1. The van der Waals surface area contributed by atoms with E-state index in [1.807, 2.05) is 0 Å². The van der Waals surface area contributed by atoms with E-state index in [9.17, 15) is 25.2 Å². The first-order chi connectivity index (χ1) is 14.9. The Balaban J connectivity index is 1.59. The predicted molar refractivity (Wildman–Crippen MR) is 105 cm³/mol. The summed E-state index contributed by atoms with van der Waals surface area (Å²) in [5, 5.41) is 41.0. The quantitative estimate of drug-likeness (QED) is 0.333. The van der Waals surface area contributed by atoms with E-state index in [0.29, 0.717) is 33.2 Å². The SMILES string of the molecule is Cc1cc(O[C@@H]2O[C@H](CO)[C@@H](O)[C@H](O)[C@H]2O)cc2oc(=O)c3ccc4c(c3c12)OCO4. The molecule has 0 spiro atoms. The highest BCUT2D eigenvalue weighted by atomic mass is 16.7. The molecule has 31 heavy (non-hydrogen) atoms. The Morgan fingerprint density at radius 3 is 2.65 bits per heavy atom. The molecule has 4 N–H and O–H groups in total. The Morgan fingerprint density at radius 1 is 1.06 bits per heavy atom. The highest BCUT2D eigenvalue weighted by Crippen LogP contribution is 2.43. The van der Waals surface area contributed by atoms with Crippen LogP contribution in [0.1, 0.15) is 5.56 Å². The highest BCUT2D eigenvalue weighted by Gasteiger charge is 2.44. The minimum Gasteiger partial charge on any atom is -0.462 e. The molecule has 0 unspecified atom stereocenters. The van der Waals surface area contributed by atoms with E-state index in [2.05, 4.69) is 0 Å². The molecule has 1 saturated heterocycles. The third-order valence-corrected chi connectivity index (χ3v) is 5.59. The van der Waals surface area contributed by atoms with Crippen molar-refractivity contribution in [3.05, 3.63) is 40.2 Å². The van der Waals surface area contributed by atoms with E-state index in [4.69, 9.17) is 23.4 Å². The van der Waals surface area contributed by atoms with Gasteiger partial charge in [0.15, 0.2) is 11.5 Å². The van der Waals surface area contributed by atoms with Crippen molar-refractivity contribution in [2.45, 2.75) is 37.6 Å². The van der Waals surface area contributed by atoms with E-state index in [-0.39, 0.29) is 18.1 Å². The van der Waals surface area contributed by atoms with Gasteiger partial charge in [-0.2, -0.15) is 0 Å². The second-order valence-corrected chi connectivity index (χ2v) is 7.54. The number of ether oxygens (including phenoxy) is 4. The minimum absolute atomic E-state index is 0.0491.